The van der Waals surface area contributed by atoms with Crippen LogP contribution >= 0.6 is 11.3 Å². The number of urea groups is 1. The average molecular weight is 348 g/mol. The molecule has 0 unspecified atom stereocenters. The Labute approximate surface area is 149 Å². The van der Waals surface area contributed by atoms with Crippen molar-refractivity contribution >= 4 is 27.5 Å². The fourth-order valence-corrected chi connectivity index (χ4v) is 3.68. The molecule has 0 saturated carbocycles. The van der Waals surface area contributed by atoms with Crippen molar-refractivity contribution in [2.75, 3.05) is 40.3 Å². The lowest BCUT2D eigenvalue weighted by atomic mass is 10.1. The van der Waals surface area contributed by atoms with E-state index in [9.17, 15) is 4.79 Å². The van der Waals surface area contributed by atoms with Crippen LogP contribution in [0, 0.1) is 5.92 Å². The molecule has 132 valence electrons. The van der Waals surface area contributed by atoms with E-state index in [2.05, 4.69) is 53.7 Å². The first kappa shape index (κ1) is 18.7. The molecule has 0 saturated heterocycles. The largest absolute Gasteiger partial charge is 0.338 e. The zero-order chi connectivity index (χ0) is 17.5. The van der Waals surface area contributed by atoms with E-state index in [0.717, 1.165) is 26.1 Å². The molecular formula is C19H29N3OS. The van der Waals surface area contributed by atoms with Crippen molar-refractivity contribution in [2.45, 2.75) is 20.3 Å². The molecule has 0 radical (unpaired) electrons. The second-order valence-corrected chi connectivity index (χ2v) is 7.79. The molecule has 0 aliphatic carbocycles. The number of hydrogen-bond acceptors (Lipinski definition) is 3. The van der Waals surface area contributed by atoms with Crippen molar-refractivity contribution in [3.8, 4) is 0 Å². The van der Waals surface area contributed by atoms with Crippen LogP contribution in [0.2, 0.25) is 0 Å². The molecule has 0 aliphatic rings. The lowest BCUT2D eigenvalue weighted by Crippen LogP contribution is -2.45. The van der Waals surface area contributed by atoms with Crippen molar-refractivity contribution < 1.29 is 4.79 Å². The van der Waals surface area contributed by atoms with Crippen LogP contribution in [-0.4, -0.2) is 56.1 Å². The Hall–Kier alpha value is -1.59. The third-order valence-electron chi connectivity index (χ3n) is 3.92. The molecular weight excluding hydrogens is 318 g/mol. The van der Waals surface area contributed by atoms with Crippen molar-refractivity contribution in [3.63, 3.8) is 0 Å². The van der Waals surface area contributed by atoms with Crippen LogP contribution in [0.15, 0.2) is 29.6 Å². The Morgan fingerprint density at radius 2 is 1.96 bits per heavy atom. The first-order chi connectivity index (χ1) is 11.5. The summed E-state index contributed by atoms with van der Waals surface area (Å²) in [6, 6.07) is 8.49. The number of thiophene rings is 1. The monoisotopic (exact) mass is 347 g/mol. The second-order valence-electron chi connectivity index (χ2n) is 6.88. The summed E-state index contributed by atoms with van der Waals surface area (Å²) in [5, 5.41) is 6.60. The highest BCUT2D eigenvalue weighted by molar-refractivity contribution is 7.17. The Bertz CT molecular complexity index is 651. The van der Waals surface area contributed by atoms with Gasteiger partial charge in [-0.25, -0.2) is 4.79 Å². The van der Waals surface area contributed by atoms with Gasteiger partial charge in [0, 0.05) is 30.9 Å². The van der Waals surface area contributed by atoms with Gasteiger partial charge in [0.05, 0.1) is 0 Å². The maximum Gasteiger partial charge on any atom is 0.317 e. The molecule has 1 aromatic carbocycles. The summed E-state index contributed by atoms with van der Waals surface area (Å²) in [6.07, 6.45) is 0.874. The minimum absolute atomic E-state index is 0.0464. The van der Waals surface area contributed by atoms with Crippen molar-refractivity contribution in [1.82, 2.24) is 15.1 Å². The van der Waals surface area contributed by atoms with E-state index in [1.54, 1.807) is 11.3 Å². The van der Waals surface area contributed by atoms with Gasteiger partial charge in [-0.3, -0.25) is 0 Å². The molecule has 4 nitrogen and oxygen atoms in total. The predicted molar refractivity (Wildman–Crippen MR) is 104 cm³/mol. The van der Waals surface area contributed by atoms with Gasteiger partial charge >= 0.3 is 6.03 Å². The van der Waals surface area contributed by atoms with Gasteiger partial charge in [-0.1, -0.05) is 32.0 Å². The smallest absolute Gasteiger partial charge is 0.317 e. The predicted octanol–water partition coefficient (Wildman–Crippen LogP) is 3.67. The number of nitrogens with one attached hydrogen (secondary N) is 1. The fraction of sp³-hybridized carbons (Fsp3) is 0.526. The fourth-order valence-electron chi connectivity index (χ4n) is 2.68. The van der Waals surface area contributed by atoms with Crippen molar-refractivity contribution in [3.05, 3.63) is 35.2 Å². The first-order valence-corrected chi connectivity index (χ1v) is 9.48. The van der Waals surface area contributed by atoms with E-state index in [4.69, 9.17) is 0 Å². The quantitative estimate of drug-likeness (QED) is 0.791. The summed E-state index contributed by atoms with van der Waals surface area (Å²) in [4.78, 5) is 16.5. The zero-order valence-electron chi connectivity index (χ0n) is 15.2. The van der Waals surface area contributed by atoms with Gasteiger partial charge in [-0.05, 0) is 48.8 Å². The van der Waals surface area contributed by atoms with Gasteiger partial charge in [0.2, 0.25) is 0 Å². The first-order valence-electron chi connectivity index (χ1n) is 8.60. The van der Waals surface area contributed by atoms with E-state index in [0.29, 0.717) is 12.5 Å². The SMILES string of the molecule is CC(C)CN(CCN(C)C)C(=O)NCCc1csc2ccccc12. The summed E-state index contributed by atoms with van der Waals surface area (Å²) in [6.45, 7) is 7.41. The molecule has 1 aromatic heterocycles. The molecule has 0 fully saturated rings. The molecule has 1 N–H and O–H groups in total. The number of nitrogens with zero attached hydrogens (tertiary/aromatic N) is 2. The van der Waals surface area contributed by atoms with Crippen molar-refractivity contribution in [2.24, 2.45) is 5.92 Å². The molecule has 24 heavy (non-hydrogen) atoms. The van der Waals surface area contributed by atoms with Gasteiger partial charge < -0.3 is 15.1 Å². The number of benzene rings is 1. The molecule has 5 heteroatoms. The van der Waals surface area contributed by atoms with Gasteiger partial charge in [-0.15, -0.1) is 11.3 Å². The summed E-state index contributed by atoms with van der Waals surface area (Å²) >= 11 is 1.77. The number of fused-ring (bicyclic) bond motifs is 1. The van der Waals surface area contributed by atoms with Gasteiger partial charge in [0.15, 0.2) is 0 Å². The van der Waals surface area contributed by atoms with Crippen molar-refractivity contribution in [1.29, 1.82) is 0 Å². The number of rotatable bonds is 8. The zero-order valence-corrected chi connectivity index (χ0v) is 16.0. The normalized spacial score (nSPS) is 11.4. The van der Waals surface area contributed by atoms with Crippen LogP contribution in [-0.2, 0) is 6.42 Å². The maximum absolute atomic E-state index is 12.5. The van der Waals surface area contributed by atoms with E-state index < -0.39 is 0 Å². The lowest BCUT2D eigenvalue weighted by Gasteiger charge is -2.26. The van der Waals surface area contributed by atoms with E-state index >= 15 is 0 Å². The summed E-state index contributed by atoms with van der Waals surface area (Å²) in [5.74, 6) is 0.471. The Morgan fingerprint density at radius 1 is 1.21 bits per heavy atom. The maximum atomic E-state index is 12.5. The Morgan fingerprint density at radius 3 is 2.67 bits per heavy atom. The third-order valence-corrected chi connectivity index (χ3v) is 4.93. The van der Waals surface area contributed by atoms with E-state index in [-0.39, 0.29) is 6.03 Å². The molecule has 2 amide bonds. The number of likely N-dealkylation sites (N-methyl/N-ethyl adjacent to an activating group) is 1. The van der Waals surface area contributed by atoms with Crippen LogP contribution < -0.4 is 5.32 Å². The van der Waals surface area contributed by atoms with E-state index in [1.807, 2.05) is 19.0 Å². The number of carbonyl (C=O) groups excluding carboxylic acids is 1. The summed E-state index contributed by atoms with van der Waals surface area (Å²) < 4.78 is 1.31. The highest BCUT2D eigenvalue weighted by atomic mass is 32.1. The number of hydrogen-bond donors (Lipinski definition) is 1. The van der Waals surface area contributed by atoms with Gasteiger partial charge in [-0.2, -0.15) is 0 Å². The van der Waals surface area contributed by atoms with Crippen LogP contribution in [0.25, 0.3) is 10.1 Å². The minimum atomic E-state index is 0.0464. The Balaban J connectivity index is 1.87. The average Bonchev–Trinajstić information content (AvgIpc) is 2.94. The molecule has 2 aromatic rings. The molecule has 1 heterocycles. The third kappa shape index (κ3) is 5.49. The minimum Gasteiger partial charge on any atom is -0.338 e. The van der Waals surface area contributed by atoms with Crippen LogP contribution in [0.3, 0.4) is 0 Å². The Kier molecular flexibility index (Phi) is 7.06. The van der Waals surface area contributed by atoms with Crippen LogP contribution in [0.1, 0.15) is 19.4 Å². The summed E-state index contributed by atoms with van der Waals surface area (Å²) in [7, 11) is 4.07. The molecule has 0 spiro atoms. The lowest BCUT2D eigenvalue weighted by molar-refractivity contribution is 0.184. The van der Waals surface area contributed by atoms with E-state index in [1.165, 1.54) is 15.6 Å². The van der Waals surface area contributed by atoms with Gasteiger partial charge in [0.25, 0.3) is 0 Å². The highest BCUT2D eigenvalue weighted by Gasteiger charge is 2.14. The second kappa shape index (κ2) is 9.04. The molecule has 0 bridgehead atoms. The summed E-state index contributed by atoms with van der Waals surface area (Å²) in [5.41, 5.74) is 1.32. The number of carbonyl (C=O) groups is 1. The molecule has 0 atom stereocenters. The standard InChI is InChI=1S/C19H29N3OS/c1-15(2)13-22(12-11-21(3)4)19(23)20-10-9-16-14-24-18-8-6-5-7-17(16)18/h5-8,14-15H,9-13H2,1-4H3,(H,20,23). The number of amides is 2. The molecule has 2 rings (SSSR count). The van der Waals surface area contributed by atoms with Gasteiger partial charge in [0.1, 0.15) is 0 Å². The topological polar surface area (TPSA) is 35.6 Å². The van der Waals surface area contributed by atoms with Crippen LogP contribution in [0.4, 0.5) is 4.79 Å². The highest BCUT2D eigenvalue weighted by Crippen LogP contribution is 2.25. The molecule has 0 aliphatic heterocycles. The van der Waals surface area contributed by atoms with Crippen LogP contribution in [0.5, 0.6) is 0 Å².